The van der Waals surface area contributed by atoms with Crippen LogP contribution in [0.5, 0.6) is 11.5 Å². The van der Waals surface area contributed by atoms with Crippen molar-refractivity contribution in [2.75, 3.05) is 6.61 Å². The molecule has 0 spiro atoms. The molecular weight excluding hydrogens is 564 g/mol. The molecule has 15 nitrogen and oxygen atoms in total. The van der Waals surface area contributed by atoms with Crippen LogP contribution in [0.2, 0.25) is 0 Å². The zero-order chi connectivity index (χ0) is 30.5. The van der Waals surface area contributed by atoms with E-state index in [-0.39, 0.29) is 34.2 Å². The van der Waals surface area contributed by atoms with E-state index in [1.165, 1.54) is 37.3 Å². The van der Waals surface area contributed by atoms with Crippen LogP contribution in [0, 0.1) is 0 Å². The number of hydrogen-bond donors (Lipinski definition) is 10. The Morgan fingerprint density at radius 2 is 1.48 bits per heavy atom. The van der Waals surface area contributed by atoms with Crippen LogP contribution in [-0.4, -0.2) is 130 Å². The molecule has 0 saturated carbocycles. The molecular formula is C27H33O15+. The monoisotopic (exact) mass is 597 g/mol. The van der Waals surface area contributed by atoms with E-state index in [0.29, 0.717) is 0 Å². The van der Waals surface area contributed by atoms with E-state index in [1.54, 1.807) is 0 Å². The summed E-state index contributed by atoms with van der Waals surface area (Å²) in [5, 5.41) is 102. The van der Waals surface area contributed by atoms with E-state index in [0.717, 1.165) is 6.08 Å². The molecule has 3 heterocycles. The fourth-order valence-corrected chi connectivity index (χ4v) is 4.95. The molecule has 2 fully saturated rings. The van der Waals surface area contributed by atoms with Crippen molar-refractivity contribution >= 4 is 5.76 Å². The van der Waals surface area contributed by atoms with E-state index in [9.17, 15) is 51.1 Å². The summed E-state index contributed by atoms with van der Waals surface area (Å²) >= 11 is 0. The quantitative estimate of drug-likeness (QED) is 0.128. The maximum atomic E-state index is 10.7. The van der Waals surface area contributed by atoms with Gasteiger partial charge in [0.05, 0.1) is 29.9 Å². The molecule has 1 aromatic carbocycles. The second-order valence-corrected chi connectivity index (χ2v) is 10.4. The predicted octanol–water partition coefficient (Wildman–Crippen LogP) is -1.83. The van der Waals surface area contributed by atoms with Gasteiger partial charge in [0, 0.05) is 18.2 Å². The minimum atomic E-state index is -1.80. The first-order chi connectivity index (χ1) is 19.8. The molecule has 3 aliphatic heterocycles. The number of aromatic hydroxyl groups is 2. The summed E-state index contributed by atoms with van der Waals surface area (Å²) < 4.78 is 27.0. The van der Waals surface area contributed by atoms with Gasteiger partial charge in [-0.05, 0) is 19.1 Å². The smallest absolute Gasteiger partial charge is 0.305 e. The molecule has 11 atom stereocenters. The summed E-state index contributed by atoms with van der Waals surface area (Å²) in [6.07, 6.45) is -12.3. The summed E-state index contributed by atoms with van der Waals surface area (Å²) in [6.45, 7) is 0.941. The summed E-state index contributed by atoms with van der Waals surface area (Å²) in [6, 6.07) is 3.80. The van der Waals surface area contributed by atoms with Crippen molar-refractivity contribution in [3.63, 3.8) is 0 Å². The Kier molecular flexibility index (Phi) is 8.39. The summed E-state index contributed by atoms with van der Waals surface area (Å²) in [7, 11) is 0. The van der Waals surface area contributed by atoms with Gasteiger partial charge in [-0.1, -0.05) is 0 Å². The maximum absolute atomic E-state index is 10.7. The zero-order valence-corrected chi connectivity index (χ0v) is 22.1. The fourth-order valence-electron chi connectivity index (χ4n) is 4.95. The maximum Gasteiger partial charge on any atom is 0.305 e. The Labute approximate surface area is 238 Å². The second kappa shape index (κ2) is 11.7. The number of hydrogen-bond acceptors (Lipinski definition) is 14. The Morgan fingerprint density at radius 3 is 2.19 bits per heavy atom. The van der Waals surface area contributed by atoms with Crippen LogP contribution in [-0.2, 0) is 18.9 Å². The third-order valence-electron chi connectivity index (χ3n) is 7.41. The Balaban J connectivity index is 1.40. The molecule has 11 N–H and O–H groups in total. The van der Waals surface area contributed by atoms with Gasteiger partial charge < -0.3 is 74.7 Å². The van der Waals surface area contributed by atoms with Crippen molar-refractivity contribution in [3.05, 3.63) is 64.8 Å². The van der Waals surface area contributed by atoms with Gasteiger partial charge in [0.15, 0.2) is 17.8 Å². The van der Waals surface area contributed by atoms with Gasteiger partial charge in [-0.2, -0.15) is 0 Å². The summed E-state index contributed by atoms with van der Waals surface area (Å²) in [5.74, 6) is -1.49. The lowest BCUT2D eigenvalue weighted by atomic mass is 9.96. The van der Waals surface area contributed by atoms with Crippen LogP contribution in [0.15, 0.2) is 59.3 Å². The highest BCUT2D eigenvalue weighted by Gasteiger charge is 2.48. The molecule has 1 aliphatic carbocycles. The first-order valence-corrected chi connectivity index (χ1v) is 13.0. The van der Waals surface area contributed by atoms with Gasteiger partial charge in [0.25, 0.3) is 0 Å². The van der Waals surface area contributed by atoms with Crippen molar-refractivity contribution in [3.8, 4) is 11.5 Å². The molecule has 0 aromatic heterocycles. The van der Waals surface area contributed by atoms with Crippen LogP contribution in [0.25, 0.3) is 5.76 Å². The molecule has 4 aliphatic rings. The van der Waals surface area contributed by atoms with E-state index in [1.807, 2.05) is 0 Å². The molecule has 0 radical (unpaired) electrons. The largest absolute Gasteiger partial charge is 0.571 e. The topological polar surface area (TPSA) is 252 Å². The van der Waals surface area contributed by atoms with Crippen molar-refractivity contribution in [1.82, 2.24) is 0 Å². The number of aliphatic hydroxyl groups excluding tert-OH is 8. The molecule has 2 saturated heterocycles. The number of benzene rings is 1. The molecule has 15 heteroatoms. The van der Waals surface area contributed by atoms with E-state index in [2.05, 4.69) is 4.74 Å². The van der Waals surface area contributed by atoms with Gasteiger partial charge in [0.2, 0.25) is 18.2 Å². The van der Waals surface area contributed by atoms with Gasteiger partial charge in [-0.3, -0.25) is 0 Å². The highest BCUT2D eigenvalue weighted by molar-refractivity contribution is 5.69. The molecule has 230 valence electrons. The minimum Gasteiger partial charge on any atom is -0.571 e. The molecule has 0 bridgehead atoms. The number of fused-ring (bicyclic) bond motifs is 1. The number of rotatable bonds is 6. The van der Waals surface area contributed by atoms with Crippen LogP contribution in [0.1, 0.15) is 12.5 Å². The Bertz CT molecular complexity index is 1300. The third-order valence-corrected chi connectivity index (χ3v) is 7.41. The molecule has 5 rings (SSSR count). The first kappa shape index (κ1) is 30.1. The van der Waals surface area contributed by atoms with Gasteiger partial charge >= 0.3 is 5.76 Å². The number of allylic oxidation sites excluding steroid dienone is 2. The molecule has 42 heavy (non-hydrogen) atoms. The van der Waals surface area contributed by atoms with Crippen LogP contribution in [0.4, 0.5) is 0 Å². The Hall–Kier alpha value is -3.38. The third kappa shape index (κ3) is 5.66. The number of phenolic OH excluding ortho intramolecular Hbond substituents is 2. The van der Waals surface area contributed by atoms with Gasteiger partial charge in [-0.25, -0.2) is 0 Å². The van der Waals surface area contributed by atoms with Gasteiger partial charge in [-0.15, -0.1) is 0 Å². The van der Waals surface area contributed by atoms with Crippen molar-refractivity contribution < 1.29 is 74.7 Å². The van der Waals surface area contributed by atoms with Crippen LogP contribution < -0.4 is 0 Å². The molecule has 0 amide bonds. The van der Waals surface area contributed by atoms with Gasteiger partial charge in [0.1, 0.15) is 54.2 Å². The lowest BCUT2D eigenvalue weighted by Crippen LogP contribution is -2.61. The average molecular weight is 598 g/mol. The fraction of sp³-hybridized carbons (Fsp3) is 0.481. The standard InChI is InChI=1S/C27H32O15/c1-9-19(32)21(34)23(36)26(39-9)38-8-18-20(33)22(35)24(37)27(42-18)41-17-7-12-14(30)5-11(28)6-16(12)40-25(17)10-2-3-13(29)15(31)4-10/h2-7,9,16,18-24,26-37H,8H2,1H3/p+1/t9-,16?,18-,19-,20-,21+,22+,23-,24-,26+,27-/m1/s1. The summed E-state index contributed by atoms with van der Waals surface area (Å²) in [5.41, 5.74) is 0.445. The molecule has 1 aromatic rings. The number of phenols is 2. The molecule has 1 unspecified atom stereocenters. The van der Waals surface area contributed by atoms with Crippen LogP contribution in [0.3, 0.4) is 0 Å². The van der Waals surface area contributed by atoms with Crippen molar-refractivity contribution in [1.29, 1.82) is 0 Å². The second-order valence-electron chi connectivity index (χ2n) is 10.4. The van der Waals surface area contributed by atoms with Crippen molar-refractivity contribution in [2.24, 2.45) is 0 Å². The predicted molar refractivity (Wildman–Crippen MR) is 138 cm³/mol. The highest BCUT2D eigenvalue weighted by atomic mass is 16.7. The lowest BCUT2D eigenvalue weighted by Gasteiger charge is -2.42. The number of ether oxygens (including phenoxy) is 5. The van der Waals surface area contributed by atoms with Crippen LogP contribution >= 0.6 is 0 Å². The average Bonchev–Trinajstić information content (AvgIpc) is 2.95. The van der Waals surface area contributed by atoms with E-state index < -0.39 is 85.6 Å². The zero-order valence-electron chi connectivity index (χ0n) is 22.1. The normalized spacial score (nSPS) is 38.5. The number of aliphatic hydroxyl groups is 10. The van der Waals surface area contributed by atoms with E-state index in [4.69, 9.17) is 18.9 Å². The highest BCUT2D eigenvalue weighted by Crippen LogP contribution is 2.38. The first-order valence-electron chi connectivity index (χ1n) is 13.0. The minimum absolute atomic E-state index is 0.0577. The van der Waals surface area contributed by atoms with E-state index >= 15 is 0 Å². The van der Waals surface area contributed by atoms with Crippen molar-refractivity contribution in [2.45, 2.75) is 74.4 Å². The summed E-state index contributed by atoms with van der Waals surface area (Å²) in [4.78, 5) is 0. The lowest BCUT2D eigenvalue weighted by molar-refractivity contribution is -0.323. The SMILES string of the molecule is C[C@H]1O[C@H](OC[C@H]2O[C@@H](OC3=C(c4ccc(O)c(O)c4)[OH+]C4C=C(O)C=C(O)C4=C3)[C@H](O)[C@@H](O)[C@@H]2O)[C@H](O)[C@@H](O)[C@@H]1O. The Morgan fingerprint density at radius 1 is 0.786 bits per heavy atom.